The lowest BCUT2D eigenvalue weighted by Gasteiger charge is -2.20. The number of carbonyl (C=O) groups is 2. The second-order valence-electron chi connectivity index (χ2n) is 11.6. The van der Waals surface area contributed by atoms with E-state index in [0.29, 0.717) is 42.1 Å². The minimum atomic E-state index is -0.839. The van der Waals surface area contributed by atoms with Gasteiger partial charge in [-0.25, -0.2) is 19.8 Å². The van der Waals surface area contributed by atoms with Gasteiger partial charge in [-0.3, -0.25) is 9.59 Å². The van der Waals surface area contributed by atoms with E-state index in [1.54, 1.807) is 33.1 Å². The normalized spacial score (nSPS) is 17.4. The number of halogens is 1. The summed E-state index contributed by atoms with van der Waals surface area (Å²) in [5.41, 5.74) is 5.07. The van der Waals surface area contributed by atoms with Crippen LogP contribution < -0.4 is 14.9 Å². The molecule has 0 saturated carbocycles. The van der Waals surface area contributed by atoms with Crippen molar-refractivity contribution in [1.29, 1.82) is 0 Å². The summed E-state index contributed by atoms with van der Waals surface area (Å²) in [5, 5.41) is 11.2. The molecule has 0 spiro atoms. The molecule has 2 aromatic carbocycles. The van der Waals surface area contributed by atoms with Crippen LogP contribution in [0.4, 0.5) is 4.39 Å². The molecule has 2 amide bonds. The predicted octanol–water partition coefficient (Wildman–Crippen LogP) is 5.24. The summed E-state index contributed by atoms with van der Waals surface area (Å²) in [6, 6.07) is 12.4. The number of pyridine rings is 1. The molecule has 42 heavy (non-hydrogen) atoms. The van der Waals surface area contributed by atoms with E-state index < -0.39 is 16.6 Å². The number of nitrogens with zero attached hydrogens (tertiary/aromatic N) is 4. The number of methoxy groups -OCH3 is 1. The van der Waals surface area contributed by atoms with Gasteiger partial charge in [0.2, 0.25) is 0 Å². The Morgan fingerprint density at radius 1 is 0.952 bits per heavy atom. The number of hydrogen-bond acceptors (Lipinski definition) is 7. The second kappa shape index (κ2) is 11.2. The number of fused-ring (bicyclic) bond motifs is 1. The summed E-state index contributed by atoms with van der Waals surface area (Å²) in [6.07, 6.45) is 2.03. The Bertz CT molecular complexity index is 1630. The minimum absolute atomic E-state index is 0.0760. The Labute approximate surface area is 244 Å². The summed E-state index contributed by atoms with van der Waals surface area (Å²) in [4.78, 5) is 30.1. The summed E-state index contributed by atoms with van der Waals surface area (Å²) >= 11 is 0. The fourth-order valence-electron chi connectivity index (χ4n) is 5.29. The van der Waals surface area contributed by atoms with Gasteiger partial charge in [0.25, 0.3) is 11.8 Å². The lowest BCUT2D eigenvalue weighted by molar-refractivity contribution is -0.135. The highest BCUT2D eigenvalue weighted by molar-refractivity contribution is 6.23. The maximum atomic E-state index is 14.8. The van der Waals surface area contributed by atoms with Gasteiger partial charge in [0.05, 0.1) is 36.0 Å². The first-order valence-corrected chi connectivity index (χ1v) is 14.2. The lowest BCUT2D eigenvalue weighted by atomic mass is 9.82. The van der Waals surface area contributed by atoms with Crippen LogP contribution >= 0.6 is 0 Å². The van der Waals surface area contributed by atoms with E-state index in [-0.39, 0.29) is 24.2 Å². The summed E-state index contributed by atoms with van der Waals surface area (Å²) in [6.45, 7) is 10.0. The molecule has 1 N–H and O–H groups in total. The van der Waals surface area contributed by atoms with Gasteiger partial charge in [-0.1, -0.05) is 13.0 Å². The zero-order chi connectivity index (χ0) is 30.2. The third-order valence-electron chi connectivity index (χ3n) is 7.95. The van der Waals surface area contributed by atoms with E-state index in [9.17, 15) is 14.0 Å². The number of unbranched alkanes of at least 4 members (excludes halogenated alkanes) is 1. The van der Waals surface area contributed by atoms with E-state index in [1.165, 1.54) is 11.1 Å². The third kappa shape index (κ3) is 5.10. The van der Waals surface area contributed by atoms with Crippen LogP contribution in [-0.4, -0.2) is 53.5 Å². The zero-order valence-corrected chi connectivity index (χ0v) is 24.9. The lowest BCUT2D eigenvalue weighted by Crippen LogP contribution is -2.35. The van der Waals surface area contributed by atoms with Crippen molar-refractivity contribution < 1.29 is 23.5 Å². The Hall–Kier alpha value is -4.34. The first-order valence-electron chi connectivity index (χ1n) is 14.2. The smallest absolute Gasteiger partial charge is 0.254 e. The largest absolute Gasteiger partial charge is 0.494 e. The van der Waals surface area contributed by atoms with Crippen molar-refractivity contribution in [2.45, 2.75) is 53.9 Å². The van der Waals surface area contributed by atoms with Crippen LogP contribution in [-0.2, 0) is 16.0 Å². The van der Waals surface area contributed by atoms with E-state index in [1.807, 2.05) is 38.1 Å². The molecule has 0 unspecified atom stereocenters. The number of aromatic nitrogens is 1. The molecule has 9 nitrogen and oxygen atoms in total. The Kier molecular flexibility index (Phi) is 7.74. The molecule has 0 atom stereocenters. The first kappa shape index (κ1) is 29.2. The molecular formula is C32H36FN5O4. The highest BCUT2D eigenvalue weighted by Crippen LogP contribution is 2.37. The van der Waals surface area contributed by atoms with Crippen molar-refractivity contribution in [3.8, 4) is 11.5 Å². The van der Waals surface area contributed by atoms with Crippen LogP contribution in [0.3, 0.4) is 0 Å². The number of hydrogen-bond donors (Lipinski definition) is 1. The maximum absolute atomic E-state index is 14.8. The maximum Gasteiger partial charge on any atom is 0.254 e. The van der Waals surface area contributed by atoms with Crippen LogP contribution in [0, 0.1) is 16.6 Å². The van der Waals surface area contributed by atoms with E-state index in [2.05, 4.69) is 17.5 Å². The van der Waals surface area contributed by atoms with Gasteiger partial charge < -0.3 is 9.47 Å². The van der Waals surface area contributed by atoms with E-state index >= 15 is 0 Å². The molecule has 3 heterocycles. The standard InChI is InChI=1S/C32H36FN5O4/c1-7-20-11-12-21-22(13-15-25(41-6)26(21)34-20)28-32(4,5)30(40)38(37-28)16-8-9-17-42-24-14-10-19(18-23(24)33)27-31(2,3)29(39)36-35-27/h10-15,18H,7-9,16-17H2,1-6H3,(H,36,39). The second-order valence-corrected chi connectivity index (χ2v) is 11.6. The molecule has 0 radical (unpaired) electrons. The van der Waals surface area contributed by atoms with Gasteiger partial charge in [0.1, 0.15) is 11.3 Å². The third-order valence-corrected chi connectivity index (χ3v) is 7.95. The van der Waals surface area contributed by atoms with Crippen molar-refractivity contribution in [3.05, 3.63) is 65.1 Å². The number of ether oxygens (including phenoxy) is 2. The molecule has 0 saturated heterocycles. The highest BCUT2D eigenvalue weighted by Gasteiger charge is 2.44. The molecule has 2 aliphatic rings. The molecular weight excluding hydrogens is 537 g/mol. The van der Waals surface area contributed by atoms with Crippen LogP contribution in [0.2, 0.25) is 0 Å². The molecule has 0 fully saturated rings. The van der Waals surface area contributed by atoms with Crippen LogP contribution in [0.15, 0.2) is 52.7 Å². The highest BCUT2D eigenvalue weighted by atomic mass is 19.1. The Morgan fingerprint density at radius 3 is 2.38 bits per heavy atom. The summed E-state index contributed by atoms with van der Waals surface area (Å²) < 4.78 is 26.0. The number of hydrazone groups is 2. The predicted molar refractivity (Wildman–Crippen MR) is 159 cm³/mol. The van der Waals surface area contributed by atoms with Crippen molar-refractivity contribution in [2.24, 2.45) is 21.0 Å². The minimum Gasteiger partial charge on any atom is -0.494 e. The zero-order valence-electron chi connectivity index (χ0n) is 24.9. The quantitative estimate of drug-likeness (QED) is 0.334. The molecule has 5 rings (SSSR count). The van der Waals surface area contributed by atoms with E-state index in [0.717, 1.165) is 28.6 Å². The molecule has 1 aromatic heterocycles. The van der Waals surface area contributed by atoms with Crippen LogP contribution in [0.5, 0.6) is 11.5 Å². The SMILES string of the molecule is CCc1ccc2c(C3=NN(CCCCOc4ccc(C5=NNC(=O)C5(C)C)cc4F)C(=O)C3(C)C)ccc(OC)c2n1. The number of carbonyl (C=O) groups excluding carboxylic acids is 2. The number of nitrogens with one attached hydrogen (secondary N) is 1. The molecule has 0 aliphatic carbocycles. The number of rotatable bonds is 10. The fourth-order valence-corrected chi connectivity index (χ4v) is 5.29. The van der Waals surface area contributed by atoms with Gasteiger partial charge >= 0.3 is 0 Å². The van der Waals surface area contributed by atoms with Crippen molar-refractivity contribution in [2.75, 3.05) is 20.3 Å². The van der Waals surface area contributed by atoms with Crippen molar-refractivity contribution in [1.82, 2.24) is 15.4 Å². The first-order chi connectivity index (χ1) is 20.0. The van der Waals surface area contributed by atoms with E-state index in [4.69, 9.17) is 19.6 Å². The molecule has 0 bridgehead atoms. The van der Waals surface area contributed by atoms with Crippen molar-refractivity contribution >= 4 is 34.1 Å². The topological polar surface area (TPSA) is 105 Å². The van der Waals surface area contributed by atoms with Gasteiger partial charge in [-0.15, -0.1) is 0 Å². The van der Waals surface area contributed by atoms with Crippen molar-refractivity contribution in [3.63, 3.8) is 0 Å². The summed E-state index contributed by atoms with van der Waals surface area (Å²) in [5.74, 6) is -0.0250. The van der Waals surface area contributed by atoms with Gasteiger partial charge in [0.15, 0.2) is 11.6 Å². The average Bonchev–Trinajstić information content (AvgIpc) is 3.37. The van der Waals surface area contributed by atoms with Crippen LogP contribution in [0.1, 0.15) is 64.3 Å². The number of aryl methyl sites for hydroxylation is 1. The molecule has 220 valence electrons. The molecule has 2 aliphatic heterocycles. The monoisotopic (exact) mass is 573 g/mol. The summed E-state index contributed by atoms with van der Waals surface area (Å²) in [7, 11) is 1.62. The Balaban J connectivity index is 1.23. The van der Waals surface area contributed by atoms with Gasteiger partial charge in [0, 0.05) is 28.8 Å². The average molecular weight is 574 g/mol. The Morgan fingerprint density at radius 2 is 1.71 bits per heavy atom. The van der Waals surface area contributed by atoms with Gasteiger partial charge in [-0.05, 0) is 83.4 Å². The van der Waals surface area contributed by atoms with Gasteiger partial charge in [-0.2, -0.15) is 10.2 Å². The molecule has 10 heteroatoms. The molecule has 3 aromatic rings. The number of benzene rings is 2. The fraction of sp³-hybridized carbons (Fsp3) is 0.406. The number of amides is 2. The van der Waals surface area contributed by atoms with Crippen LogP contribution in [0.25, 0.3) is 10.9 Å².